The van der Waals surface area contributed by atoms with E-state index in [-0.39, 0.29) is 0 Å². The van der Waals surface area contributed by atoms with Crippen LogP contribution in [-0.4, -0.2) is 31.3 Å². The lowest BCUT2D eigenvalue weighted by Crippen LogP contribution is -2.31. The second-order valence-corrected chi connectivity index (χ2v) is 6.38. The number of nitrogens with one attached hydrogen (secondary N) is 1. The van der Waals surface area contributed by atoms with Crippen molar-refractivity contribution in [3.05, 3.63) is 78.4 Å². The highest BCUT2D eigenvalue weighted by Gasteiger charge is 2.19. The molecule has 2 N–H and O–H groups in total. The predicted octanol–water partition coefficient (Wildman–Crippen LogP) is 4.48. The van der Waals surface area contributed by atoms with Gasteiger partial charge in [0.05, 0.1) is 14.2 Å². The van der Waals surface area contributed by atoms with Crippen molar-refractivity contribution in [3.63, 3.8) is 0 Å². The third-order valence-corrected chi connectivity index (χ3v) is 4.50. The van der Waals surface area contributed by atoms with Gasteiger partial charge in [0.1, 0.15) is 6.04 Å². The van der Waals surface area contributed by atoms with E-state index in [2.05, 4.69) is 5.32 Å². The third-order valence-electron chi connectivity index (χ3n) is 4.50. The molecule has 0 spiro atoms. The Morgan fingerprint density at radius 2 is 1.61 bits per heavy atom. The molecule has 0 saturated carbocycles. The van der Waals surface area contributed by atoms with Gasteiger partial charge in [-0.15, -0.1) is 0 Å². The first-order chi connectivity index (χ1) is 13.6. The quantitative estimate of drug-likeness (QED) is 0.606. The van der Waals surface area contributed by atoms with E-state index in [9.17, 15) is 9.90 Å². The number of benzene rings is 3. The minimum Gasteiger partial charge on any atom is -0.493 e. The van der Waals surface area contributed by atoms with E-state index in [1.54, 1.807) is 26.4 Å². The molecule has 0 amide bonds. The summed E-state index contributed by atoms with van der Waals surface area (Å²) in [5.74, 6) is 0.275. The number of hydrogen-bond donors (Lipinski definition) is 2. The summed E-state index contributed by atoms with van der Waals surface area (Å²) < 4.78 is 10.5. The van der Waals surface area contributed by atoms with Crippen molar-refractivity contribution >= 4 is 11.7 Å². The molecule has 0 fully saturated rings. The molecule has 0 radical (unpaired) electrons. The molecule has 0 heterocycles. The zero-order valence-corrected chi connectivity index (χ0v) is 15.9. The fraction of sp³-hybridized carbons (Fsp3) is 0.174. The smallest absolute Gasteiger partial charge is 0.326 e. The maximum atomic E-state index is 11.8. The van der Waals surface area contributed by atoms with E-state index < -0.39 is 12.0 Å². The Morgan fingerprint density at radius 1 is 0.893 bits per heavy atom. The van der Waals surface area contributed by atoms with Gasteiger partial charge < -0.3 is 19.9 Å². The number of anilines is 1. The van der Waals surface area contributed by atoms with Crippen molar-refractivity contribution in [1.29, 1.82) is 0 Å². The molecule has 0 aliphatic rings. The molecule has 3 aromatic rings. The number of carboxylic acid groups (broad SMARTS) is 1. The van der Waals surface area contributed by atoms with Crippen LogP contribution in [0, 0.1) is 0 Å². The second-order valence-electron chi connectivity index (χ2n) is 6.38. The van der Waals surface area contributed by atoms with Crippen LogP contribution in [-0.2, 0) is 11.2 Å². The first-order valence-electron chi connectivity index (χ1n) is 8.96. The SMILES string of the molecule is COc1ccc(CC(Nc2cccc(-c3ccccc3)c2)C(=O)O)cc1OC. The van der Waals surface area contributed by atoms with Gasteiger partial charge in [0.15, 0.2) is 11.5 Å². The average molecular weight is 377 g/mol. The molecule has 5 heteroatoms. The van der Waals surface area contributed by atoms with Crippen LogP contribution in [0.15, 0.2) is 72.8 Å². The maximum Gasteiger partial charge on any atom is 0.326 e. The van der Waals surface area contributed by atoms with E-state index in [4.69, 9.17) is 9.47 Å². The van der Waals surface area contributed by atoms with E-state index in [0.717, 1.165) is 22.4 Å². The Bertz CT molecular complexity index is 940. The van der Waals surface area contributed by atoms with Gasteiger partial charge in [-0.2, -0.15) is 0 Å². The molecule has 144 valence electrons. The van der Waals surface area contributed by atoms with E-state index in [1.807, 2.05) is 60.7 Å². The van der Waals surface area contributed by atoms with Crippen LogP contribution in [0.4, 0.5) is 5.69 Å². The number of carbonyl (C=O) groups is 1. The Balaban J connectivity index is 1.80. The predicted molar refractivity (Wildman–Crippen MR) is 110 cm³/mol. The van der Waals surface area contributed by atoms with Crippen LogP contribution in [0.25, 0.3) is 11.1 Å². The van der Waals surface area contributed by atoms with Gasteiger partial charge in [-0.1, -0.05) is 48.5 Å². The van der Waals surface area contributed by atoms with Crippen molar-refractivity contribution < 1.29 is 19.4 Å². The summed E-state index contributed by atoms with van der Waals surface area (Å²) in [4.78, 5) is 11.8. The van der Waals surface area contributed by atoms with Gasteiger partial charge in [-0.25, -0.2) is 4.79 Å². The molecule has 0 saturated heterocycles. The fourth-order valence-electron chi connectivity index (χ4n) is 3.06. The summed E-state index contributed by atoms with van der Waals surface area (Å²) in [6, 6.07) is 22.4. The van der Waals surface area contributed by atoms with Crippen LogP contribution in [0.3, 0.4) is 0 Å². The normalized spacial score (nSPS) is 11.5. The number of rotatable bonds is 8. The average Bonchev–Trinajstić information content (AvgIpc) is 2.74. The van der Waals surface area contributed by atoms with Crippen LogP contribution in [0.2, 0.25) is 0 Å². The number of hydrogen-bond acceptors (Lipinski definition) is 4. The number of carboxylic acids is 1. The monoisotopic (exact) mass is 377 g/mol. The van der Waals surface area contributed by atoms with Crippen molar-refractivity contribution in [2.75, 3.05) is 19.5 Å². The molecule has 5 nitrogen and oxygen atoms in total. The van der Waals surface area contributed by atoms with Crippen LogP contribution < -0.4 is 14.8 Å². The lowest BCUT2D eigenvalue weighted by atomic mass is 10.0. The van der Waals surface area contributed by atoms with Gasteiger partial charge in [0.25, 0.3) is 0 Å². The topological polar surface area (TPSA) is 67.8 Å². The maximum absolute atomic E-state index is 11.8. The number of aliphatic carboxylic acids is 1. The highest BCUT2D eigenvalue weighted by molar-refractivity contribution is 5.79. The van der Waals surface area contributed by atoms with Crippen LogP contribution >= 0.6 is 0 Å². The Hall–Kier alpha value is -3.47. The summed E-state index contributed by atoms with van der Waals surface area (Å²) in [6.45, 7) is 0. The summed E-state index contributed by atoms with van der Waals surface area (Å²) >= 11 is 0. The van der Waals surface area contributed by atoms with Gasteiger partial charge in [-0.3, -0.25) is 0 Å². The number of methoxy groups -OCH3 is 2. The Labute approximate surface area is 164 Å². The van der Waals surface area contributed by atoms with Crippen molar-refractivity contribution in [1.82, 2.24) is 0 Å². The van der Waals surface area contributed by atoms with Crippen LogP contribution in [0.5, 0.6) is 11.5 Å². The zero-order valence-electron chi connectivity index (χ0n) is 15.9. The van der Waals surface area contributed by atoms with Gasteiger partial charge in [0, 0.05) is 12.1 Å². The summed E-state index contributed by atoms with van der Waals surface area (Å²) in [7, 11) is 3.13. The van der Waals surface area contributed by atoms with E-state index >= 15 is 0 Å². The van der Waals surface area contributed by atoms with Crippen molar-refractivity contribution in [3.8, 4) is 22.6 Å². The Morgan fingerprint density at radius 3 is 2.29 bits per heavy atom. The molecule has 0 aromatic heterocycles. The molecule has 0 aliphatic heterocycles. The standard InChI is InChI=1S/C23H23NO4/c1-27-21-12-11-16(14-22(21)28-2)13-20(23(25)26)24-19-10-6-9-18(15-19)17-7-4-3-5-8-17/h3-12,14-15,20,24H,13H2,1-2H3,(H,25,26). The van der Waals surface area contributed by atoms with E-state index in [1.165, 1.54) is 0 Å². The molecule has 28 heavy (non-hydrogen) atoms. The lowest BCUT2D eigenvalue weighted by Gasteiger charge is -2.17. The van der Waals surface area contributed by atoms with Gasteiger partial charge in [-0.05, 0) is 41.0 Å². The highest BCUT2D eigenvalue weighted by Crippen LogP contribution is 2.28. The first-order valence-corrected chi connectivity index (χ1v) is 8.96. The first kappa shape index (κ1) is 19.3. The highest BCUT2D eigenvalue weighted by atomic mass is 16.5. The largest absolute Gasteiger partial charge is 0.493 e. The van der Waals surface area contributed by atoms with Crippen molar-refractivity contribution in [2.45, 2.75) is 12.5 Å². The molecule has 1 unspecified atom stereocenters. The molecule has 0 bridgehead atoms. The second kappa shape index (κ2) is 8.95. The third kappa shape index (κ3) is 4.62. The number of ether oxygens (including phenoxy) is 2. The zero-order chi connectivity index (χ0) is 19.9. The van der Waals surface area contributed by atoms with Gasteiger partial charge in [0.2, 0.25) is 0 Å². The summed E-state index contributed by atoms with van der Waals surface area (Å²) in [5, 5.41) is 12.8. The van der Waals surface area contributed by atoms with Crippen molar-refractivity contribution in [2.24, 2.45) is 0 Å². The van der Waals surface area contributed by atoms with Gasteiger partial charge >= 0.3 is 5.97 Å². The Kier molecular flexibility index (Phi) is 6.17. The lowest BCUT2D eigenvalue weighted by molar-refractivity contribution is -0.137. The molecular formula is C23H23NO4. The summed E-state index contributed by atoms with van der Waals surface area (Å²) in [5.41, 5.74) is 3.71. The van der Waals surface area contributed by atoms with E-state index in [0.29, 0.717) is 17.9 Å². The molecule has 3 rings (SSSR count). The molecule has 1 atom stereocenters. The molecular weight excluding hydrogens is 354 g/mol. The summed E-state index contributed by atoms with van der Waals surface area (Å²) in [6.07, 6.45) is 0.311. The van der Waals surface area contributed by atoms with Crippen LogP contribution in [0.1, 0.15) is 5.56 Å². The molecule has 0 aliphatic carbocycles. The fourth-order valence-corrected chi connectivity index (χ4v) is 3.06. The molecule has 3 aromatic carbocycles. The minimum atomic E-state index is -0.917. The minimum absolute atomic E-state index is 0.311.